The van der Waals surface area contributed by atoms with Crippen LogP contribution in [0.1, 0.15) is 28.6 Å². The van der Waals surface area contributed by atoms with E-state index in [0.29, 0.717) is 18.8 Å². The number of aliphatic hydroxyl groups is 1. The quantitative estimate of drug-likeness (QED) is 0.773. The number of benzene rings is 1. The second kappa shape index (κ2) is 5.91. The molecular formula is C15H19NO3. The molecule has 2 rings (SSSR count). The lowest BCUT2D eigenvalue weighted by Crippen LogP contribution is -2.20. The van der Waals surface area contributed by atoms with E-state index >= 15 is 0 Å². The lowest BCUT2D eigenvalue weighted by Gasteiger charge is -2.12. The van der Waals surface area contributed by atoms with Gasteiger partial charge in [-0.15, -0.1) is 0 Å². The van der Waals surface area contributed by atoms with Crippen LogP contribution in [0.2, 0.25) is 0 Å². The van der Waals surface area contributed by atoms with Crippen molar-refractivity contribution in [2.75, 3.05) is 6.54 Å². The van der Waals surface area contributed by atoms with Gasteiger partial charge in [-0.25, -0.2) is 0 Å². The molecule has 4 heteroatoms. The van der Waals surface area contributed by atoms with Gasteiger partial charge in [-0.1, -0.05) is 6.07 Å². The van der Waals surface area contributed by atoms with Crippen LogP contribution in [0.4, 0.5) is 0 Å². The van der Waals surface area contributed by atoms with Crippen molar-refractivity contribution in [1.29, 1.82) is 0 Å². The number of phenols is 1. The van der Waals surface area contributed by atoms with Crippen LogP contribution in [0.3, 0.4) is 0 Å². The summed E-state index contributed by atoms with van der Waals surface area (Å²) in [6.45, 7) is 4.85. The second-order valence-corrected chi connectivity index (χ2v) is 4.73. The maximum Gasteiger partial charge on any atom is 0.133 e. The number of aromatic hydroxyl groups is 1. The molecule has 3 N–H and O–H groups in total. The predicted octanol–water partition coefficient (Wildman–Crippen LogP) is 2.43. The van der Waals surface area contributed by atoms with Gasteiger partial charge in [-0.3, -0.25) is 0 Å². The van der Waals surface area contributed by atoms with E-state index in [9.17, 15) is 10.2 Å². The first-order chi connectivity index (χ1) is 9.08. The summed E-state index contributed by atoms with van der Waals surface area (Å²) in [4.78, 5) is 0. The van der Waals surface area contributed by atoms with Gasteiger partial charge in [0, 0.05) is 18.7 Å². The number of phenolic OH excluding ortho intramolecular Hbond substituents is 1. The molecule has 1 aromatic heterocycles. The Morgan fingerprint density at radius 1 is 1.26 bits per heavy atom. The molecule has 0 fully saturated rings. The highest BCUT2D eigenvalue weighted by atomic mass is 16.4. The molecule has 2 aromatic rings. The molecule has 1 unspecified atom stereocenters. The summed E-state index contributed by atoms with van der Waals surface area (Å²) >= 11 is 0. The van der Waals surface area contributed by atoms with Crippen molar-refractivity contribution in [1.82, 2.24) is 5.32 Å². The monoisotopic (exact) mass is 261 g/mol. The summed E-state index contributed by atoms with van der Waals surface area (Å²) in [5.74, 6) is 0.819. The maximum absolute atomic E-state index is 9.84. The molecule has 1 aromatic carbocycles. The average Bonchev–Trinajstić information content (AvgIpc) is 2.89. The van der Waals surface area contributed by atoms with Crippen LogP contribution in [0.15, 0.2) is 34.9 Å². The van der Waals surface area contributed by atoms with Crippen molar-refractivity contribution in [3.05, 3.63) is 53.0 Å². The van der Waals surface area contributed by atoms with Gasteiger partial charge in [0.25, 0.3) is 0 Å². The molecule has 1 heterocycles. The van der Waals surface area contributed by atoms with Crippen LogP contribution < -0.4 is 5.32 Å². The summed E-state index contributed by atoms with van der Waals surface area (Å²) in [6.07, 6.45) is 0.858. The SMILES string of the molecule is Cc1cc(O)c(CNCC(O)c2ccco2)cc1C. The topological polar surface area (TPSA) is 65.6 Å². The van der Waals surface area contributed by atoms with Crippen molar-refractivity contribution in [3.63, 3.8) is 0 Å². The minimum atomic E-state index is -0.677. The van der Waals surface area contributed by atoms with Gasteiger partial charge in [0.15, 0.2) is 0 Å². The second-order valence-electron chi connectivity index (χ2n) is 4.73. The molecule has 0 bridgehead atoms. The Hall–Kier alpha value is -1.78. The van der Waals surface area contributed by atoms with Crippen LogP contribution in [0, 0.1) is 13.8 Å². The van der Waals surface area contributed by atoms with Gasteiger partial charge in [-0.2, -0.15) is 0 Å². The Balaban J connectivity index is 1.91. The van der Waals surface area contributed by atoms with Crippen LogP contribution in [0.25, 0.3) is 0 Å². The molecule has 102 valence electrons. The van der Waals surface area contributed by atoms with Gasteiger partial charge < -0.3 is 19.9 Å². The highest BCUT2D eigenvalue weighted by Crippen LogP contribution is 2.21. The molecule has 19 heavy (non-hydrogen) atoms. The van der Waals surface area contributed by atoms with Gasteiger partial charge in [0.1, 0.15) is 17.6 Å². The molecule has 0 amide bonds. The Kier molecular flexibility index (Phi) is 4.24. The van der Waals surface area contributed by atoms with Gasteiger partial charge in [0.2, 0.25) is 0 Å². The van der Waals surface area contributed by atoms with Crippen molar-refractivity contribution in [2.24, 2.45) is 0 Å². The zero-order valence-corrected chi connectivity index (χ0v) is 11.2. The van der Waals surface area contributed by atoms with Crippen molar-refractivity contribution in [3.8, 4) is 5.75 Å². The lowest BCUT2D eigenvalue weighted by molar-refractivity contribution is 0.147. The van der Waals surface area contributed by atoms with E-state index in [2.05, 4.69) is 5.32 Å². The van der Waals surface area contributed by atoms with Crippen LogP contribution >= 0.6 is 0 Å². The van der Waals surface area contributed by atoms with Gasteiger partial charge in [0.05, 0.1) is 6.26 Å². The van der Waals surface area contributed by atoms with Gasteiger partial charge in [-0.05, 0) is 43.2 Å². The highest BCUT2D eigenvalue weighted by Gasteiger charge is 2.10. The Morgan fingerprint density at radius 3 is 2.68 bits per heavy atom. The molecule has 0 aliphatic carbocycles. The van der Waals surface area contributed by atoms with Gasteiger partial charge >= 0.3 is 0 Å². The van der Waals surface area contributed by atoms with Crippen molar-refractivity contribution in [2.45, 2.75) is 26.5 Å². The summed E-state index contributed by atoms with van der Waals surface area (Å²) in [5, 5.41) is 22.8. The van der Waals surface area contributed by atoms with E-state index in [4.69, 9.17) is 4.42 Å². The summed E-state index contributed by atoms with van der Waals surface area (Å²) in [6, 6.07) is 7.19. The van der Waals surface area contributed by atoms with Crippen LogP contribution in [-0.4, -0.2) is 16.8 Å². The van der Waals surface area contributed by atoms with Crippen molar-refractivity contribution >= 4 is 0 Å². The number of aliphatic hydroxyl groups excluding tert-OH is 1. The van der Waals surface area contributed by atoms with E-state index in [1.807, 2.05) is 19.9 Å². The minimum Gasteiger partial charge on any atom is -0.508 e. The molecule has 0 saturated heterocycles. The molecule has 0 aliphatic heterocycles. The number of furan rings is 1. The average molecular weight is 261 g/mol. The number of aryl methyl sites for hydroxylation is 2. The molecule has 4 nitrogen and oxygen atoms in total. The Morgan fingerprint density at radius 2 is 2.00 bits per heavy atom. The summed E-state index contributed by atoms with van der Waals surface area (Å²) in [5.41, 5.74) is 3.03. The Bertz CT molecular complexity index is 535. The van der Waals surface area contributed by atoms with E-state index in [1.54, 1.807) is 18.2 Å². The third-order valence-electron chi connectivity index (χ3n) is 3.22. The zero-order valence-electron chi connectivity index (χ0n) is 11.2. The predicted molar refractivity (Wildman–Crippen MR) is 73.0 cm³/mol. The standard InChI is InChI=1S/C15H19NO3/c1-10-6-12(13(17)7-11(10)2)8-16-9-14(18)15-4-3-5-19-15/h3-7,14,16-18H,8-9H2,1-2H3. The zero-order chi connectivity index (χ0) is 13.8. The smallest absolute Gasteiger partial charge is 0.133 e. The molecular weight excluding hydrogens is 242 g/mol. The fourth-order valence-electron chi connectivity index (χ4n) is 1.93. The Labute approximate surface area is 112 Å². The first-order valence-electron chi connectivity index (χ1n) is 6.29. The summed E-state index contributed by atoms with van der Waals surface area (Å²) in [7, 11) is 0. The third-order valence-corrected chi connectivity index (χ3v) is 3.22. The molecule has 0 spiro atoms. The van der Waals surface area contributed by atoms with E-state index in [-0.39, 0.29) is 5.75 Å². The fourth-order valence-corrected chi connectivity index (χ4v) is 1.93. The summed E-state index contributed by atoms with van der Waals surface area (Å²) < 4.78 is 5.12. The first kappa shape index (κ1) is 13.6. The number of hydrogen-bond acceptors (Lipinski definition) is 4. The largest absolute Gasteiger partial charge is 0.508 e. The van der Waals surface area contributed by atoms with E-state index in [1.165, 1.54) is 6.26 Å². The number of rotatable bonds is 5. The van der Waals surface area contributed by atoms with Crippen LogP contribution in [-0.2, 0) is 6.54 Å². The lowest BCUT2D eigenvalue weighted by atomic mass is 10.1. The molecule has 0 aliphatic rings. The van der Waals surface area contributed by atoms with Crippen LogP contribution in [0.5, 0.6) is 5.75 Å². The molecule has 1 atom stereocenters. The minimum absolute atomic E-state index is 0.281. The van der Waals surface area contributed by atoms with E-state index in [0.717, 1.165) is 16.7 Å². The maximum atomic E-state index is 9.84. The van der Waals surface area contributed by atoms with Crippen molar-refractivity contribution < 1.29 is 14.6 Å². The van der Waals surface area contributed by atoms with E-state index < -0.39 is 6.10 Å². The number of hydrogen-bond donors (Lipinski definition) is 3. The third kappa shape index (κ3) is 3.36. The number of nitrogens with one attached hydrogen (secondary N) is 1. The fraction of sp³-hybridized carbons (Fsp3) is 0.333. The molecule has 0 radical (unpaired) electrons. The highest BCUT2D eigenvalue weighted by molar-refractivity contribution is 5.40. The molecule has 0 saturated carbocycles. The first-order valence-corrected chi connectivity index (χ1v) is 6.29. The normalized spacial score (nSPS) is 12.6.